The maximum absolute atomic E-state index is 12.4. The largest absolute Gasteiger partial charge is 0.300 e. The molecule has 0 aromatic heterocycles. The highest BCUT2D eigenvalue weighted by Gasteiger charge is 2.31. The van der Waals surface area contributed by atoms with E-state index < -0.39 is 10.0 Å². The molecule has 4 nitrogen and oxygen atoms in total. The van der Waals surface area contributed by atoms with Crippen molar-refractivity contribution in [2.24, 2.45) is 11.8 Å². The molecule has 1 saturated carbocycles. The lowest BCUT2D eigenvalue weighted by Crippen LogP contribution is -2.42. The summed E-state index contributed by atoms with van der Waals surface area (Å²) in [6.07, 6.45) is 7.10. The van der Waals surface area contributed by atoms with Crippen molar-refractivity contribution in [3.05, 3.63) is 0 Å². The van der Waals surface area contributed by atoms with Crippen LogP contribution in [0.1, 0.15) is 51.9 Å². The van der Waals surface area contributed by atoms with Crippen molar-refractivity contribution in [3.63, 3.8) is 0 Å². The Morgan fingerprint density at radius 1 is 1.05 bits per heavy atom. The van der Waals surface area contributed by atoms with Gasteiger partial charge in [-0.25, -0.2) is 12.7 Å². The first kappa shape index (κ1) is 15.0. The second-order valence-corrected chi connectivity index (χ2v) is 8.08. The van der Waals surface area contributed by atoms with Crippen LogP contribution in [0.3, 0.4) is 0 Å². The Balaban J connectivity index is 1.88. The van der Waals surface area contributed by atoms with Gasteiger partial charge in [0.2, 0.25) is 10.0 Å². The molecule has 1 saturated heterocycles. The molecule has 0 bridgehead atoms. The zero-order chi connectivity index (χ0) is 13.9. The zero-order valence-electron chi connectivity index (χ0n) is 11.8. The van der Waals surface area contributed by atoms with Crippen LogP contribution in [0.25, 0.3) is 0 Å². The second kappa shape index (κ2) is 6.35. The van der Waals surface area contributed by atoms with Crippen LogP contribution in [0.2, 0.25) is 0 Å². The van der Waals surface area contributed by atoms with Gasteiger partial charge in [-0.15, -0.1) is 0 Å². The van der Waals surface area contributed by atoms with E-state index in [-0.39, 0.29) is 11.7 Å². The van der Waals surface area contributed by atoms with Gasteiger partial charge in [-0.05, 0) is 38.5 Å². The monoisotopic (exact) mass is 287 g/mol. The first-order valence-electron chi connectivity index (χ1n) is 7.47. The van der Waals surface area contributed by atoms with Crippen molar-refractivity contribution < 1.29 is 13.2 Å². The van der Waals surface area contributed by atoms with Gasteiger partial charge in [0.05, 0.1) is 5.75 Å². The van der Waals surface area contributed by atoms with E-state index in [9.17, 15) is 13.2 Å². The first-order chi connectivity index (χ1) is 8.99. The summed E-state index contributed by atoms with van der Waals surface area (Å²) in [5.74, 6) is 0.937. The minimum absolute atomic E-state index is 0.0705. The van der Waals surface area contributed by atoms with Crippen LogP contribution < -0.4 is 0 Å². The quantitative estimate of drug-likeness (QED) is 0.796. The summed E-state index contributed by atoms with van der Waals surface area (Å²) >= 11 is 0. The molecule has 0 aromatic rings. The number of carbonyl (C=O) groups is 1. The molecule has 0 radical (unpaired) electrons. The van der Waals surface area contributed by atoms with Crippen LogP contribution >= 0.6 is 0 Å². The van der Waals surface area contributed by atoms with Gasteiger partial charge < -0.3 is 0 Å². The molecule has 0 atom stereocenters. The Morgan fingerprint density at radius 2 is 1.63 bits per heavy atom. The summed E-state index contributed by atoms with van der Waals surface area (Å²) in [5, 5.41) is 0. The number of rotatable bonds is 4. The SMILES string of the molecule is CC(=O)C1CCN(S(=O)(=O)CC2CCCCC2)CC1. The highest BCUT2D eigenvalue weighted by Crippen LogP contribution is 2.27. The summed E-state index contributed by atoms with van der Waals surface area (Å²) in [7, 11) is -3.11. The van der Waals surface area contributed by atoms with Crippen molar-refractivity contribution >= 4 is 15.8 Å². The fourth-order valence-corrected chi connectivity index (χ4v) is 5.20. The predicted molar refractivity (Wildman–Crippen MR) is 75.3 cm³/mol. The molecule has 0 amide bonds. The molecule has 5 heteroatoms. The van der Waals surface area contributed by atoms with Crippen molar-refractivity contribution in [3.8, 4) is 0 Å². The summed E-state index contributed by atoms with van der Waals surface area (Å²) in [4.78, 5) is 11.3. The van der Waals surface area contributed by atoms with Gasteiger partial charge in [-0.2, -0.15) is 0 Å². The Labute approximate surface area is 116 Å². The van der Waals surface area contributed by atoms with E-state index in [0.717, 1.165) is 12.8 Å². The lowest BCUT2D eigenvalue weighted by atomic mass is 9.91. The standard InChI is InChI=1S/C14H25NO3S/c1-12(16)14-7-9-15(10-8-14)19(17,18)11-13-5-3-2-4-6-13/h13-14H,2-11H2,1H3. The molecule has 2 rings (SSSR count). The number of nitrogens with zero attached hydrogens (tertiary/aromatic N) is 1. The van der Waals surface area contributed by atoms with Gasteiger partial charge in [0.1, 0.15) is 5.78 Å². The molecule has 0 unspecified atom stereocenters. The van der Waals surface area contributed by atoms with Crippen LogP contribution in [-0.2, 0) is 14.8 Å². The average Bonchev–Trinajstić information content (AvgIpc) is 2.39. The fourth-order valence-electron chi connectivity index (χ4n) is 3.30. The third-order valence-corrected chi connectivity index (χ3v) is 6.64. The normalized spacial score (nSPS) is 24.5. The number of piperidine rings is 1. The van der Waals surface area contributed by atoms with Crippen LogP contribution in [-0.4, -0.2) is 37.3 Å². The van der Waals surface area contributed by atoms with Crippen molar-refractivity contribution in [2.45, 2.75) is 51.9 Å². The number of Topliss-reactive ketones (excluding diaryl/α,β-unsaturated/α-hetero) is 1. The van der Waals surface area contributed by atoms with Crippen LogP contribution in [0, 0.1) is 11.8 Å². The van der Waals surface area contributed by atoms with Gasteiger partial charge in [-0.3, -0.25) is 4.79 Å². The van der Waals surface area contributed by atoms with E-state index in [1.165, 1.54) is 19.3 Å². The summed E-state index contributed by atoms with van der Waals surface area (Å²) < 4.78 is 26.4. The van der Waals surface area contributed by atoms with Crippen LogP contribution in [0.4, 0.5) is 0 Å². The van der Waals surface area contributed by atoms with E-state index in [1.807, 2.05) is 0 Å². The van der Waals surface area contributed by atoms with Gasteiger partial charge in [0.15, 0.2) is 0 Å². The van der Waals surface area contributed by atoms with E-state index in [2.05, 4.69) is 0 Å². The number of ketones is 1. The highest BCUT2D eigenvalue weighted by molar-refractivity contribution is 7.89. The molecule has 1 aliphatic heterocycles. The number of sulfonamides is 1. The lowest BCUT2D eigenvalue weighted by Gasteiger charge is -2.32. The molecule has 0 N–H and O–H groups in total. The van der Waals surface area contributed by atoms with Crippen molar-refractivity contribution in [1.82, 2.24) is 4.31 Å². The molecule has 0 aromatic carbocycles. The zero-order valence-corrected chi connectivity index (χ0v) is 12.6. The van der Waals surface area contributed by atoms with Crippen molar-refractivity contribution in [2.75, 3.05) is 18.8 Å². The molecule has 2 fully saturated rings. The first-order valence-corrected chi connectivity index (χ1v) is 9.08. The Bertz CT molecular complexity index is 404. The number of hydrogen-bond donors (Lipinski definition) is 0. The van der Waals surface area contributed by atoms with Crippen molar-refractivity contribution in [1.29, 1.82) is 0 Å². The molecular weight excluding hydrogens is 262 g/mol. The van der Waals surface area contributed by atoms with Gasteiger partial charge in [-0.1, -0.05) is 19.3 Å². The smallest absolute Gasteiger partial charge is 0.214 e. The van der Waals surface area contributed by atoms with Gasteiger partial charge >= 0.3 is 0 Å². The number of hydrogen-bond acceptors (Lipinski definition) is 3. The molecular formula is C14H25NO3S. The minimum Gasteiger partial charge on any atom is -0.300 e. The van der Waals surface area contributed by atoms with Gasteiger partial charge in [0, 0.05) is 19.0 Å². The predicted octanol–water partition coefficient (Wildman–Crippen LogP) is 2.20. The van der Waals surface area contributed by atoms with E-state index in [0.29, 0.717) is 37.6 Å². The average molecular weight is 287 g/mol. The van der Waals surface area contributed by atoms with E-state index in [4.69, 9.17) is 0 Å². The Hall–Kier alpha value is -0.420. The van der Waals surface area contributed by atoms with Gasteiger partial charge in [0.25, 0.3) is 0 Å². The molecule has 110 valence electrons. The summed E-state index contributed by atoms with van der Waals surface area (Å²) in [6, 6.07) is 0. The molecule has 0 spiro atoms. The molecule has 19 heavy (non-hydrogen) atoms. The molecule has 1 heterocycles. The Morgan fingerprint density at radius 3 is 2.16 bits per heavy atom. The fraction of sp³-hybridized carbons (Fsp3) is 0.929. The second-order valence-electron chi connectivity index (χ2n) is 6.07. The Kier molecular flexibility index (Phi) is 5.01. The number of carbonyl (C=O) groups excluding carboxylic acids is 1. The third kappa shape index (κ3) is 4.02. The minimum atomic E-state index is -3.11. The topological polar surface area (TPSA) is 54.5 Å². The maximum atomic E-state index is 12.4. The van der Waals surface area contributed by atoms with Crippen LogP contribution in [0.5, 0.6) is 0 Å². The van der Waals surface area contributed by atoms with E-state index in [1.54, 1.807) is 11.2 Å². The lowest BCUT2D eigenvalue weighted by molar-refractivity contribution is -0.121. The van der Waals surface area contributed by atoms with E-state index >= 15 is 0 Å². The summed E-state index contributed by atoms with van der Waals surface area (Å²) in [5.41, 5.74) is 0. The highest BCUT2D eigenvalue weighted by atomic mass is 32.2. The van der Waals surface area contributed by atoms with Crippen LogP contribution in [0.15, 0.2) is 0 Å². The molecule has 1 aliphatic carbocycles. The summed E-state index contributed by atoms with van der Waals surface area (Å²) in [6.45, 7) is 2.66. The maximum Gasteiger partial charge on any atom is 0.214 e. The third-order valence-electron chi connectivity index (χ3n) is 4.59. The molecule has 2 aliphatic rings.